The first-order valence-corrected chi connectivity index (χ1v) is 17.1. The van der Waals surface area contributed by atoms with Gasteiger partial charge in [-0.25, -0.2) is 9.79 Å². The molecule has 0 radical (unpaired) electrons. The number of nitrogens with zero attached hydrogens (tertiary/aromatic N) is 3. The number of hydrogen-bond donors (Lipinski definition) is 0. The number of rotatable bonds is 12. The molecule has 0 bridgehead atoms. The summed E-state index contributed by atoms with van der Waals surface area (Å²) < 4.78 is 30.9. The Bertz CT molecular complexity index is 2340. The number of fused-ring (bicyclic) bond motifs is 1. The molecular weight excluding hydrogens is 667 g/mol. The van der Waals surface area contributed by atoms with E-state index in [-0.39, 0.29) is 24.3 Å². The molecule has 5 aromatic rings. The van der Waals surface area contributed by atoms with E-state index in [1.165, 1.54) is 30.1 Å². The first-order valence-electron chi connectivity index (χ1n) is 16.3. The second-order valence-electron chi connectivity index (χ2n) is 11.2. The van der Waals surface area contributed by atoms with E-state index in [0.717, 1.165) is 5.56 Å². The average Bonchev–Trinajstić information content (AvgIpc) is 3.47. The minimum absolute atomic E-state index is 0.128. The number of para-hydroxylation sites is 1. The summed E-state index contributed by atoms with van der Waals surface area (Å²) in [6.45, 7) is 4.30. The Hall–Kier alpha value is -6.12. The number of ether oxygens (including phenoxy) is 5. The summed E-state index contributed by atoms with van der Waals surface area (Å²) in [5.41, 5.74) is 3.46. The highest BCUT2D eigenvalue weighted by molar-refractivity contribution is 7.07. The molecule has 11 heteroatoms. The van der Waals surface area contributed by atoms with E-state index >= 15 is 0 Å². The van der Waals surface area contributed by atoms with Crippen molar-refractivity contribution in [3.05, 3.63) is 144 Å². The first-order chi connectivity index (χ1) is 24.9. The third kappa shape index (κ3) is 7.00. The van der Waals surface area contributed by atoms with Crippen molar-refractivity contribution in [3.63, 3.8) is 0 Å². The summed E-state index contributed by atoms with van der Waals surface area (Å²) in [5, 5.41) is 9.48. The van der Waals surface area contributed by atoms with E-state index in [1.807, 2.05) is 61.5 Å². The molecule has 4 aromatic carbocycles. The van der Waals surface area contributed by atoms with Crippen molar-refractivity contribution in [3.8, 4) is 29.1 Å². The first kappa shape index (κ1) is 34.7. The van der Waals surface area contributed by atoms with Crippen LogP contribution in [0.5, 0.6) is 23.0 Å². The Morgan fingerprint density at radius 1 is 0.902 bits per heavy atom. The Balaban J connectivity index is 1.52. The van der Waals surface area contributed by atoms with Crippen molar-refractivity contribution in [2.45, 2.75) is 26.5 Å². The van der Waals surface area contributed by atoms with Crippen molar-refractivity contribution >= 4 is 29.1 Å². The molecule has 6 rings (SSSR count). The number of methoxy groups -OCH3 is 2. The highest BCUT2D eigenvalue weighted by atomic mass is 32.1. The second kappa shape index (κ2) is 15.6. The predicted molar refractivity (Wildman–Crippen MR) is 194 cm³/mol. The van der Waals surface area contributed by atoms with Crippen LogP contribution >= 0.6 is 11.3 Å². The average molecular weight is 702 g/mol. The monoisotopic (exact) mass is 701 g/mol. The molecule has 1 aliphatic heterocycles. The molecule has 0 spiro atoms. The third-order valence-corrected chi connectivity index (χ3v) is 9.17. The van der Waals surface area contributed by atoms with E-state index in [9.17, 15) is 14.9 Å². The van der Waals surface area contributed by atoms with Gasteiger partial charge in [0, 0.05) is 16.7 Å². The van der Waals surface area contributed by atoms with Crippen LogP contribution in [0.15, 0.2) is 106 Å². The molecule has 258 valence electrons. The maximum Gasteiger partial charge on any atom is 0.338 e. The molecule has 2 heterocycles. The van der Waals surface area contributed by atoms with Gasteiger partial charge in [-0.05, 0) is 49.8 Å². The van der Waals surface area contributed by atoms with Crippen molar-refractivity contribution < 1.29 is 28.5 Å². The number of thiazole rings is 1. The number of carbonyl (C=O) groups is 1. The number of nitriles is 1. The fourth-order valence-corrected chi connectivity index (χ4v) is 6.93. The molecule has 0 aliphatic carbocycles. The molecule has 1 unspecified atom stereocenters. The van der Waals surface area contributed by atoms with Crippen LogP contribution in [-0.4, -0.2) is 38.0 Å². The maximum atomic E-state index is 14.5. The summed E-state index contributed by atoms with van der Waals surface area (Å²) in [7, 11) is 3.05. The Morgan fingerprint density at radius 3 is 2.41 bits per heavy atom. The summed E-state index contributed by atoms with van der Waals surface area (Å²) in [5.74, 6) is 1.22. The predicted octanol–water partition coefficient (Wildman–Crippen LogP) is 5.80. The molecule has 51 heavy (non-hydrogen) atoms. The Labute approximate surface area is 298 Å². The van der Waals surface area contributed by atoms with Crippen LogP contribution in [0.4, 0.5) is 0 Å². The van der Waals surface area contributed by atoms with Gasteiger partial charge in [0.2, 0.25) is 0 Å². The van der Waals surface area contributed by atoms with Crippen LogP contribution in [0.1, 0.15) is 47.7 Å². The third-order valence-electron chi connectivity index (χ3n) is 8.19. The van der Waals surface area contributed by atoms with E-state index in [2.05, 4.69) is 6.07 Å². The smallest absolute Gasteiger partial charge is 0.338 e. The molecule has 1 atom stereocenters. The highest BCUT2D eigenvalue weighted by Crippen LogP contribution is 2.42. The zero-order valence-electron chi connectivity index (χ0n) is 28.5. The van der Waals surface area contributed by atoms with Crippen LogP contribution in [0.3, 0.4) is 0 Å². The van der Waals surface area contributed by atoms with Gasteiger partial charge < -0.3 is 23.7 Å². The van der Waals surface area contributed by atoms with Crippen molar-refractivity contribution in [1.82, 2.24) is 4.57 Å². The molecule has 0 amide bonds. The van der Waals surface area contributed by atoms with Gasteiger partial charge in [0.1, 0.15) is 12.6 Å². The van der Waals surface area contributed by atoms with E-state index in [1.54, 1.807) is 49.4 Å². The van der Waals surface area contributed by atoms with Crippen LogP contribution in [0, 0.1) is 11.3 Å². The number of benzene rings is 4. The zero-order valence-corrected chi connectivity index (χ0v) is 29.4. The fourth-order valence-electron chi connectivity index (χ4n) is 5.93. The maximum absolute atomic E-state index is 14.5. The molecular formula is C40H35N3O7S. The lowest BCUT2D eigenvalue weighted by Gasteiger charge is -2.27. The van der Waals surface area contributed by atoms with E-state index in [0.29, 0.717) is 66.9 Å². The summed E-state index contributed by atoms with van der Waals surface area (Å²) in [6, 6.07) is 28.6. The van der Waals surface area contributed by atoms with Gasteiger partial charge in [0.05, 0.1) is 54.9 Å². The molecule has 1 aromatic heterocycles. The van der Waals surface area contributed by atoms with Gasteiger partial charge in [0.25, 0.3) is 5.56 Å². The van der Waals surface area contributed by atoms with Gasteiger partial charge in [-0.2, -0.15) is 5.26 Å². The minimum Gasteiger partial charge on any atom is -0.493 e. The van der Waals surface area contributed by atoms with Gasteiger partial charge in [0.15, 0.2) is 27.8 Å². The standard InChI is InChI=1S/C40H35N3O7S/c1-5-48-32-21-25(19-20-30(32)50-24-28-16-11-10-15-27(28)23-41)22-33-38(44)43-36(29-17-12-18-31(46-3)37(29)47-4)34(39(45)49-6-2)35(42-40(43)51-33)26-13-8-7-9-14-26/h7-22,36H,5-6,24H2,1-4H3/b33-22-. The second-order valence-corrected chi connectivity index (χ2v) is 12.2. The number of hydrogen-bond acceptors (Lipinski definition) is 10. The lowest BCUT2D eigenvalue weighted by molar-refractivity contribution is -0.138. The molecule has 0 saturated carbocycles. The van der Waals surface area contributed by atoms with Crippen LogP contribution in [0.2, 0.25) is 0 Å². The fraction of sp³-hybridized carbons (Fsp3) is 0.200. The summed E-state index contributed by atoms with van der Waals surface area (Å²) in [4.78, 5) is 33.7. The van der Waals surface area contributed by atoms with Crippen molar-refractivity contribution in [2.24, 2.45) is 4.99 Å². The largest absolute Gasteiger partial charge is 0.493 e. The van der Waals surface area contributed by atoms with Crippen LogP contribution < -0.4 is 33.8 Å². The quantitative estimate of drug-likeness (QED) is 0.150. The topological polar surface area (TPSA) is 121 Å². The van der Waals surface area contributed by atoms with E-state index in [4.69, 9.17) is 28.7 Å². The van der Waals surface area contributed by atoms with Gasteiger partial charge in [-0.15, -0.1) is 0 Å². The summed E-state index contributed by atoms with van der Waals surface area (Å²) in [6.07, 6.45) is 1.76. The molecule has 10 nitrogen and oxygen atoms in total. The Kier molecular flexibility index (Phi) is 10.6. The number of esters is 1. The molecule has 0 fully saturated rings. The summed E-state index contributed by atoms with van der Waals surface area (Å²) >= 11 is 1.21. The number of aromatic nitrogens is 1. The van der Waals surface area contributed by atoms with Gasteiger partial charge in [-0.1, -0.05) is 78.1 Å². The molecule has 1 aliphatic rings. The number of carbonyl (C=O) groups excluding carboxylic acids is 1. The normalized spacial score (nSPS) is 13.9. The SMILES string of the molecule is CCOC(=O)C1=C(c2ccccc2)N=c2s/c(=C\c3ccc(OCc4ccccc4C#N)c(OCC)c3)c(=O)n2C1c1cccc(OC)c1OC. The zero-order chi connectivity index (χ0) is 35.9. The molecule has 0 saturated heterocycles. The van der Waals surface area contributed by atoms with Crippen molar-refractivity contribution in [1.29, 1.82) is 5.26 Å². The Morgan fingerprint density at radius 2 is 1.69 bits per heavy atom. The van der Waals surface area contributed by atoms with Crippen LogP contribution in [-0.2, 0) is 16.1 Å². The lowest BCUT2D eigenvalue weighted by Crippen LogP contribution is -2.40. The highest BCUT2D eigenvalue weighted by Gasteiger charge is 2.37. The van der Waals surface area contributed by atoms with Gasteiger partial charge >= 0.3 is 5.97 Å². The van der Waals surface area contributed by atoms with Crippen molar-refractivity contribution in [2.75, 3.05) is 27.4 Å². The van der Waals surface area contributed by atoms with E-state index < -0.39 is 12.0 Å². The molecule has 0 N–H and O–H groups in total. The van der Waals surface area contributed by atoms with Crippen LogP contribution in [0.25, 0.3) is 11.8 Å². The van der Waals surface area contributed by atoms with Gasteiger partial charge in [-0.3, -0.25) is 9.36 Å². The minimum atomic E-state index is -0.950. The lowest BCUT2D eigenvalue weighted by atomic mass is 9.92.